The SMILES string of the molecule is Cc1cc(C(=O)O)cc(N2CC(C)OC(C)C2)n1. The van der Waals surface area contributed by atoms with Crippen LogP contribution in [0.2, 0.25) is 0 Å². The minimum absolute atomic E-state index is 0.129. The maximum Gasteiger partial charge on any atom is 0.335 e. The third-order valence-electron chi connectivity index (χ3n) is 2.93. The maximum absolute atomic E-state index is 11.0. The number of ether oxygens (including phenoxy) is 1. The molecule has 0 bridgehead atoms. The first-order valence-corrected chi connectivity index (χ1v) is 6.08. The number of carboxylic acid groups (broad SMARTS) is 1. The van der Waals surface area contributed by atoms with Gasteiger partial charge in [-0.15, -0.1) is 0 Å². The van der Waals surface area contributed by atoms with E-state index in [0.29, 0.717) is 0 Å². The summed E-state index contributed by atoms with van der Waals surface area (Å²) < 4.78 is 5.66. The number of aryl methyl sites for hydroxylation is 1. The van der Waals surface area contributed by atoms with Gasteiger partial charge in [-0.25, -0.2) is 9.78 Å². The molecule has 5 nitrogen and oxygen atoms in total. The number of carbonyl (C=O) groups is 1. The number of hydrogen-bond acceptors (Lipinski definition) is 4. The molecule has 98 valence electrons. The van der Waals surface area contributed by atoms with Crippen LogP contribution in [0.1, 0.15) is 29.9 Å². The number of anilines is 1. The first-order chi connectivity index (χ1) is 8.45. The highest BCUT2D eigenvalue weighted by molar-refractivity contribution is 5.88. The van der Waals surface area contributed by atoms with Gasteiger partial charge in [0.1, 0.15) is 5.82 Å². The molecule has 2 unspecified atom stereocenters. The number of carboxylic acids is 1. The Labute approximate surface area is 106 Å². The van der Waals surface area contributed by atoms with Crippen molar-refractivity contribution >= 4 is 11.8 Å². The fourth-order valence-electron chi connectivity index (χ4n) is 2.30. The van der Waals surface area contributed by atoms with Gasteiger partial charge in [0.25, 0.3) is 0 Å². The molecule has 2 rings (SSSR count). The van der Waals surface area contributed by atoms with E-state index in [4.69, 9.17) is 9.84 Å². The Morgan fingerprint density at radius 2 is 2.00 bits per heavy atom. The van der Waals surface area contributed by atoms with Crippen molar-refractivity contribution in [3.63, 3.8) is 0 Å². The lowest BCUT2D eigenvalue weighted by Gasteiger charge is -2.36. The van der Waals surface area contributed by atoms with Gasteiger partial charge in [-0.05, 0) is 32.9 Å². The lowest BCUT2D eigenvalue weighted by Crippen LogP contribution is -2.46. The van der Waals surface area contributed by atoms with Gasteiger partial charge in [0.15, 0.2) is 0 Å². The maximum atomic E-state index is 11.0. The van der Waals surface area contributed by atoms with Crippen LogP contribution in [0.25, 0.3) is 0 Å². The molecule has 0 aliphatic carbocycles. The topological polar surface area (TPSA) is 62.7 Å². The van der Waals surface area contributed by atoms with E-state index < -0.39 is 5.97 Å². The highest BCUT2D eigenvalue weighted by Gasteiger charge is 2.23. The zero-order chi connectivity index (χ0) is 13.3. The Hall–Kier alpha value is -1.62. The molecule has 1 aromatic rings. The molecule has 0 spiro atoms. The number of aromatic carboxylic acids is 1. The molecule has 0 amide bonds. The summed E-state index contributed by atoms with van der Waals surface area (Å²) in [5.41, 5.74) is 1.00. The third kappa shape index (κ3) is 2.79. The van der Waals surface area contributed by atoms with Gasteiger partial charge < -0.3 is 14.7 Å². The van der Waals surface area contributed by atoms with Crippen LogP contribution >= 0.6 is 0 Å². The van der Waals surface area contributed by atoms with Gasteiger partial charge in [0.2, 0.25) is 0 Å². The molecule has 1 aliphatic rings. The van der Waals surface area contributed by atoms with E-state index >= 15 is 0 Å². The highest BCUT2D eigenvalue weighted by atomic mass is 16.5. The highest BCUT2D eigenvalue weighted by Crippen LogP contribution is 2.20. The van der Waals surface area contributed by atoms with Crippen molar-refractivity contribution in [3.05, 3.63) is 23.4 Å². The van der Waals surface area contributed by atoms with E-state index in [1.807, 2.05) is 20.8 Å². The molecule has 1 aliphatic heterocycles. The quantitative estimate of drug-likeness (QED) is 0.865. The Balaban J connectivity index is 2.29. The van der Waals surface area contributed by atoms with Crippen LogP contribution in [-0.4, -0.2) is 41.4 Å². The number of hydrogen-bond donors (Lipinski definition) is 1. The lowest BCUT2D eigenvalue weighted by atomic mass is 10.2. The fourth-order valence-corrected chi connectivity index (χ4v) is 2.30. The number of morpholine rings is 1. The van der Waals surface area contributed by atoms with Crippen molar-refractivity contribution in [1.82, 2.24) is 4.98 Å². The molecule has 0 saturated carbocycles. The second kappa shape index (κ2) is 4.94. The third-order valence-corrected chi connectivity index (χ3v) is 2.93. The van der Waals surface area contributed by atoms with Crippen molar-refractivity contribution in [2.24, 2.45) is 0 Å². The van der Waals surface area contributed by atoms with E-state index in [9.17, 15) is 4.79 Å². The van der Waals surface area contributed by atoms with Gasteiger partial charge in [-0.3, -0.25) is 0 Å². The minimum Gasteiger partial charge on any atom is -0.478 e. The van der Waals surface area contributed by atoms with Gasteiger partial charge in [-0.2, -0.15) is 0 Å². The van der Waals surface area contributed by atoms with Crippen LogP contribution in [0.4, 0.5) is 5.82 Å². The van der Waals surface area contributed by atoms with E-state index in [1.54, 1.807) is 12.1 Å². The van der Waals surface area contributed by atoms with E-state index in [1.165, 1.54) is 0 Å². The van der Waals surface area contributed by atoms with Gasteiger partial charge in [0, 0.05) is 18.8 Å². The van der Waals surface area contributed by atoms with E-state index in [0.717, 1.165) is 24.6 Å². The summed E-state index contributed by atoms with van der Waals surface area (Å²) in [6.07, 6.45) is 0.258. The Bertz CT molecular complexity index is 452. The molecule has 2 atom stereocenters. The summed E-state index contributed by atoms with van der Waals surface area (Å²) >= 11 is 0. The number of pyridine rings is 1. The number of nitrogens with zero attached hydrogens (tertiary/aromatic N) is 2. The van der Waals surface area contributed by atoms with E-state index in [-0.39, 0.29) is 17.8 Å². The van der Waals surface area contributed by atoms with Crippen molar-refractivity contribution in [2.75, 3.05) is 18.0 Å². The van der Waals surface area contributed by atoms with E-state index in [2.05, 4.69) is 9.88 Å². The normalized spacial score (nSPS) is 24.1. The molecule has 1 fully saturated rings. The molecule has 1 aromatic heterocycles. The van der Waals surface area contributed by atoms with Crippen LogP contribution in [-0.2, 0) is 4.74 Å². The molecule has 1 saturated heterocycles. The fraction of sp³-hybridized carbons (Fsp3) is 0.538. The largest absolute Gasteiger partial charge is 0.478 e. The molecule has 0 aromatic carbocycles. The first-order valence-electron chi connectivity index (χ1n) is 6.08. The summed E-state index contributed by atoms with van der Waals surface area (Å²) in [6.45, 7) is 7.30. The Morgan fingerprint density at radius 1 is 1.39 bits per heavy atom. The standard InChI is InChI=1S/C13H18N2O3/c1-8-4-11(13(16)17)5-12(14-8)15-6-9(2)18-10(3)7-15/h4-5,9-10H,6-7H2,1-3H3,(H,16,17). The average Bonchev–Trinajstić information content (AvgIpc) is 2.26. The Morgan fingerprint density at radius 3 is 2.56 bits per heavy atom. The summed E-state index contributed by atoms with van der Waals surface area (Å²) in [6, 6.07) is 3.21. The van der Waals surface area contributed by atoms with Crippen LogP contribution in [0.15, 0.2) is 12.1 Å². The molecule has 5 heteroatoms. The van der Waals surface area contributed by atoms with Crippen LogP contribution < -0.4 is 4.90 Å². The first kappa shape index (κ1) is 12.8. The molecule has 0 radical (unpaired) electrons. The monoisotopic (exact) mass is 250 g/mol. The van der Waals surface area contributed by atoms with Crippen molar-refractivity contribution in [1.29, 1.82) is 0 Å². The average molecular weight is 250 g/mol. The molecular formula is C13H18N2O3. The number of rotatable bonds is 2. The van der Waals surface area contributed by atoms with Gasteiger partial charge in [0.05, 0.1) is 17.8 Å². The van der Waals surface area contributed by atoms with Crippen molar-refractivity contribution in [3.8, 4) is 0 Å². The smallest absolute Gasteiger partial charge is 0.335 e. The predicted octanol–water partition coefficient (Wildman–Crippen LogP) is 1.70. The molecular weight excluding hydrogens is 232 g/mol. The second-order valence-corrected chi connectivity index (χ2v) is 4.82. The van der Waals surface area contributed by atoms with Crippen LogP contribution in [0.5, 0.6) is 0 Å². The van der Waals surface area contributed by atoms with Crippen LogP contribution in [0.3, 0.4) is 0 Å². The van der Waals surface area contributed by atoms with Crippen molar-refractivity contribution < 1.29 is 14.6 Å². The molecule has 18 heavy (non-hydrogen) atoms. The lowest BCUT2D eigenvalue weighted by molar-refractivity contribution is -0.00546. The summed E-state index contributed by atoms with van der Waals surface area (Å²) in [5, 5.41) is 9.07. The summed E-state index contributed by atoms with van der Waals surface area (Å²) in [4.78, 5) is 17.5. The Kier molecular flexibility index (Phi) is 3.52. The predicted molar refractivity (Wildman–Crippen MR) is 68.2 cm³/mol. The minimum atomic E-state index is -0.920. The van der Waals surface area contributed by atoms with Gasteiger partial charge in [-0.1, -0.05) is 0 Å². The zero-order valence-corrected chi connectivity index (χ0v) is 10.9. The summed E-state index contributed by atoms with van der Waals surface area (Å²) in [5.74, 6) is -0.203. The van der Waals surface area contributed by atoms with Crippen LogP contribution in [0, 0.1) is 6.92 Å². The molecule has 1 N–H and O–H groups in total. The second-order valence-electron chi connectivity index (χ2n) is 4.82. The number of aromatic nitrogens is 1. The van der Waals surface area contributed by atoms with Gasteiger partial charge >= 0.3 is 5.97 Å². The molecule has 2 heterocycles. The summed E-state index contributed by atoms with van der Waals surface area (Å²) in [7, 11) is 0. The zero-order valence-electron chi connectivity index (χ0n) is 10.9. The van der Waals surface area contributed by atoms with Crippen molar-refractivity contribution in [2.45, 2.75) is 33.0 Å².